The Morgan fingerprint density at radius 3 is 2.95 bits per heavy atom. The molecule has 0 saturated heterocycles. The van der Waals surface area contributed by atoms with Crippen LogP contribution in [0.5, 0.6) is 5.75 Å². The summed E-state index contributed by atoms with van der Waals surface area (Å²) in [5, 5.41) is 12.5. The van der Waals surface area contributed by atoms with Crippen molar-refractivity contribution in [2.45, 2.75) is 38.3 Å². The average Bonchev–Trinajstić information content (AvgIpc) is 3.57. The molecule has 4 heterocycles. The molecule has 10 nitrogen and oxygen atoms in total. The van der Waals surface area contributed by atoms with Crippen molar-refractivity contribution in [1.29, 1.82) is 0 Å². The lowest BCUT2D eigenvalue weighted by Crippen LogP contribution is -2.27. The minimum atomic E-state index is -0.526. The molecule has 1 aliphatic heterocycles. The zero-order valence-corrected chi connectivity index (χ0v) is 21.4. The summed E-state index contributed by atoms with van der Waals surface area (Å²) in [4.78, 5) is 16.1. The Morgan fingerprint density at radius 2 is 2.13 bits per heavy atom. The third-order valence-corrected chi connectivity index (χ3v) is 7.26. The van der Waals surface area contributed by atoms with E-state index in [2.05, 4.69) is 10.3 Å². The molecule has 1 aromatic carbocycles. The maximum atomic E-state index is 14.5. The highest BCUT2D eigenvalue weighted by molar-refractivity contribution is 5.74. The molecule has 0 radical (unpaired) electrons. The number of hydrogen-bond donors (Lipinski definition) is 2. The lowest BCUT2D eigenvalue weighted by atomic mass is 9.88. The molecule has 1 amide bonds. The molecule has 3 N–H and O–H groups in total. The van der Waals surface area contributed by atoms with Gasteiger partial charge in [-0.3, -0.25) is 9.36 Å². The molecular weight excluding hydrogens is 489 g/mol. The molecule has 3 aromatic heterocycles. The van der Waals surface area contributed by atoms with Gasteiger partial charge in [0.25, 0.3) is 0 Å². The van der Waals surface area contributed by atoms with Crippen LogP contribution in [0.4, 0.5) is 15.0 Å². The number of pyridine rings is 1. The normalized spacial score (nSPS) is 17.4. The van der Waals surface area contributed by atoms with Crippen LogP contribution in [0.2, 0.25) is 0 Å². The van der Waals surface area contributed by atoms with Gasteiger partial charge >= 0.3 is 6.09 Å². The van der Waals surface area contributed by atoms with Crippen molar-refractivity contribution in [3.63, 3.8) is 0 Å². The number of carbonyl (C=O) groups excluding carboxylic acids is 1. The van der Waals surface area contributed by atoms with E-state index in [1.54, 1.807) is 16.9 Å². The molecule has 1 unspecified atom stereocenters. The van der Waals surface area contributed by atoms with Gasteiger partial charge in [-0.05, 0) is 44.0 Å². The Hall–Kier alpha value is -4.41. The number of carbonyl (C=O) groups is 1. The number of hydrogen-bond acceptors (Lipinski definition) is 7. The molecule has 2 atom stereocenters. The Balaban J connectivity index is 1.58. The van der Waals surface area contributed by atoms with Gasteiger partial charge in [0.1, 0.15) is 11.9 Å². The molecule has 196 valence electrons. The fourth-order valence-corrected chi connectivity index (χ4v) is 5.60. The molecule has 0 fully saturated rings. The monoisotopic (exact) mass is 517 g/mol. The van der Waals surface area contributed by atoms with Crippen LogP contribution in [0.15, 0.2) is 36.7 Å². The van der Waals surface area contributed by atoms with Crippen molar-refractivity contribution in [3.05, 3.63) is 64.9 Å². The number of halogens is 1. The van der Waals surface area contributed by atoms with Crippen LogP contribution in [0.1, 0.15) is 47.8 Å². The molecule has 11 heteroatoms. The van der Waals surface area contributed by atoms with Crippen molar-refractivity contribution in [2.24, 2.45) is 7.05 Å². The van der Waals surface area contributed by atoms with E-state index in [0.717, 1.165) is 52.2 Å². The maximum absolute atomic E-state index is 14.5. The molecule has 2 aliphatic rings. The first-order valence-electron chi connectivity index (χ1n) is 12.5. The summed E-state index contributed by atoms with van der Waals surface area (Å²) in [5.41, 5.74) is 13.3. The Labute approximate surface area is 218 Å². The number of nitrogens with zero attached hydrogens (tertiary/aromatic N) is 5. The van der Waals surface area contributed by atoms with E-state index in [0.29, 0.717) is 24.4 Å². The predicted molar refractivity (Wildman–Crippen MR) is 138 cm³/mol. The van der Waals surface area contributed by atoms with Gasteiger partial charge in [-0.2, -0.15) is 10.2 Å². The van der Waals surface area contributed by atoms with E-state index >= 15 is 0 Å². The lowest BCUT2D eigenvalue weighted by Gasteiger charge is -2.22. The Kier molecular flexibility index (Phi) is 5.77. The lowest BCUT2D eigenvalue weighted by molar-refractivity contribution is 0.170. The number of ether oxygens (including phenoxy) is 2. The van der Waals surface area contributed by atoms with E-state index in [1.807, 2.05) is 30.9 Å². The molecule has 0 spiro atoms. The fourth-order valence-electron chi connectivity index (χ4n) is 5.60. The summed E-state index contributed by atoms with van der Waals surface area (Å²) < 4.78 is 29.2. The topological polar surface area (TPSA) is 122 Å². The number of fused-ring (bicyclic) bond motifs is 7. The number of benzene rings is 1. The number of amides is 1. The van der Waals surface area contributed by atoms with Crippen LogP contribution in [-0.4, -0.2) is 44.3 Å². The van der Waals surface area contributed by atoms with Crippen molar-refractivity contribution in [1.82, 2.24) is 29.9 Å². The molecule has 4 aromatic rings. The van der Waals surface area contributed by atoms with E-state index < -0.39 is 12.2 Å². The fraction of sp³-hybridized carbons (Fsp3) is 0.333. The van der Waals surface area contributed by atoms with Gasteiger partial charge in [-0.15, -0.1) is 0 Å². The summed E-state index contributed by atoms with van der Waals surface area (Å²) in [7, 11) is 3.22. The van der Waals surface area contributed by atoms with Crippen molar-refractivity contribution < 1.29 is 18.7 Å². The highest BCUT2D eigenvalue weighted by Gasteiger charge is 2.36. The van der Waals surface area contributed by atoms with Gasteiger partial charge in [0.05, 0.1) is 30.7 Å². The second-order valence-electron chi connectivity index (χ2n) is 9.65. The van der Waals surface area contributed by atoms with E-state index in [4.69, 9.17) is 25.4 Å². The first-order valence-corrected chi connectivity index (χ1v) is 12.5. The maximum Gasteiger partial charge on any atom is 0.406 e. The van der Waals surface area contributed by atoms with Gasteiger partial charge < -0.3 is 20.5 Å². The summed E-state index contributed by atoms with van der Waals surface area (Å²) in [6.07, 6.45) is 4.38. The molecule has 38 heavy (non-hydrogen) atoms. The standard InChI is InChI=1S/C27H28FN7O3/c1-14-19-11-16(28)4-5-18(19)24-20(13-34(2)33-24)17-6-7-21-23(17)25(15-10-22(38-14)26(29)31-12-15)35(32-21)9-8-30-27(36)37-3/h4-5,10-14,17H,6-9H2,1-3H3,(H2,29,31)(H,30,36)/t14-,17?/m1/s1. The summed E-state index contributed by atoms with van der Waals surface area (Å²) in [6, 6.07) is 6.57. The number of alkyl carbamates (subject to hydrolysis) is 1. The quantitative estimate of drug-likeness (QED) is 0.422. The molecule has 6 rings (SSSR count). The molecule has 2 bridgehead atoms. The van der Waals surface area contributed by atoms with E-state index in [1.165, 1.54) is 19.2 Å². The minimum absolute atomic E-state index is 0.0144. The minimum Gasteiger partial charge on any atom is -0.482 e. The number of methoxy groups -OCH3 is 1. The van der Waals surface area contributed by atoms with Crippen molar-refractivity contribution >= 4 is 11.9 Å². The highest BCUT2D eigenvalue weighted by atomic mass is 19.1. The molecular formula is C27H28FN7O3. The van der Waals surface area contributed by atoms with Gasteiger partial charge in [0, 0.05) is 59.7 Å². The zero-order valence-electron chi connectivity index (χ0n) is 21.4. The number of nitrogen functional groups attached to an aromatic ring is 1. The second-order valence-corrected chi connectivity index (χ2v) is 9.65. The SMILES string of the molecule is COC(=O)NCCn1nc2c3c1-c1cnc(N)c(c1)O[C@H](C)c1cc(F)ccc1-c1nn(C)cc1C3CC2. The van der Waals surface area contributed by atoms with Gasteiger partial charge in [-0.25, -0.2) is 14.2 Å². The first-order chi connectivity index (χ1) is 18.3. The van der Waals surface area contributed by atoms with Crippen LogP contribution < -0.4 is 15.8 Å². The summed E-state index contributed by atoms with van der Waals surface area (Å²) in [5.74, 6) is 0.299. The van der Waals surface area contributed by atoms with Crippen LogP contribution >= 0.6 is 0 Å². The third-order valence-electron chi connectivity index (χ3n) is 7.26. The third kappa shape index (κ3) is 3.94. The smallest absolute Gasteiger partial charge is 0.406 e. The van der Waals surface area contributed by atoms with Crippen LogP contribution in [-0.2, 0) is 24.8 Å². The Bertz CT molecular complexity index is 1560. The predicted octanol–water partition coefficient (Wildman–Crippen LogP) is 3.95. The van der Waals surface area contributed by atoms with Crippen molar-refractivity contribution in [3.8, 4) is 28.3 Å². The Morgan fingerprint density at radius 1 is 1.29 bits per heavy atom. The van der Waals surface area contributed by atoms with Crippen molar-refractivity contribution in [2.75, 3.05) is 19.4 Å². The second kappa shape index (κ2) is 9.16. The number of anilines is 1. The van der Waals surface area contributed by atoms with Crippen LogP contribution in [0.25, 0.3) is 22.5 Å². The van der Waals surface area contributed by atoms with Gasteiger partial charge in [0.2, 0.25) is 0 Å². The number of aromatic nitrogens is 5. The largest absolute Gasteiger partial charge is 0.482 e. The number of nitrogens with one attached hydrogen (secondary N) is 1. The highest BCUT2D eigenvalue weighted by Crippen LogP contribution is 2.48. The zero-order chi connectivity index (χ0) is 26.6. The number of rotatable bonds is 3. The van der Waals surface area contributed by atoms with Gasteiger partial charge in [0.15, 0.2) is 11.6 Å². The summed E-state index contributed by atoms with van der Waals surface area (Å²) >= 11 is 0. The molecule has 1 aliphatic carbocycles. The summed E-state index contributed by atoms with van der Waals surface area (Å²) in [6.45, 7) is 2.63. The molecule has 0 saturated carbocycles. The number of nitrogens with two attached hydrogens (primary N) is 1. The van der Waals surface area contributed by atoms with Gasteiger partial charge in [-0.1, -0.05) is 0 Å². The van der Waals surface area contributed by atoms with E-state index in [-0.39, 0.29) is 17.6 Å². The van der Waals surface area contributed by atoms with Crippen LogP contribution in [0.3, 0.4) is 0 Å². The van der Waals surface area contributed by atoms with E-state index in [9.17, 15) is 9.18 Å². The number of aryl methyl sites for hydroxylation is 2. The van der Waals surface area contributed by atoms with Crippen LogP contribution in [0, 0.1) is 5.82 Å². The first kappa shape index (κ1) is 24.0. The average molecular weight is 518 g/mol.